The normalized spacial score (nSPS) is 11.9. The van der Waals surface area contributed by atoms with Crippen LogP contribution in [-0.2, 0) is 13.0 Å². The Bertz CT molecular complexity index is 1050. The first kappa shape index (κ1) is 18.3. The summed E-state index contributed by atoms with van der Waals surface area (Å²) in [6.45, 7) is 13.5. The summed E-state index contributed by atoms with van der Waals surface area (Å²) in [6.07, 6.45) is 3.27. The van der Waals surface area contributed by atoms with Crippen LogP contribution < -0.4 is 0 Å². The third-order valence-corrected chi connectivity index (χ3v) is 5.12. The summed E-state index contributed by atoms with van der Waals surface area (Å²) in [4.78, 5) is 3.43. The number of hydrogen-bond acceptors (Lipinski definition) is 0. The smallest absolute Gasteiger partial charge is 0.0528 e. The van der Waals surface area contributed by atoms with Gasteiger partial charge in [0.15, 0.2) is 0 Å². The number of H-pyrrole nitrogens is 1. The lowest BCUT2D eigenvalue weighted by Gasteiger charge is -2.09. The van der Waals surface area contributed by atoms with Crippen molar-refractivity contribution in [3.8, 4) is 11.3 Å². The molecule has 0 radical (unpaired) electrons. The molecule has 1 aliphatic rings. The zero-order chi connectivity index (χ0) is 18.8. The second kappa shape index (κ2) is 7.41. The number of hydrogen-bond donors (Lipinski definition) is 1. The van der Waals surface area contributed by atoms with Crippen molar-refractivity contribution in [2.45, 2.75) is 54.5 Å². The Morgan fingerprint density at radius 3 is 2.50 bits per heavy atom. The molecule has 2 heteroatoms. The van der Waals surface area contributed by atoms with Crippen molar-refractivity contribution in [2.24, 2.45) is 0 Å². The van der Waals surface area contributed by atoms with Crippen molar-refractivity contribution in [3.63, 3.8) is 0 Å². The molecule has 0 saturated heterocycles. The lowest BCUT2D eigenvalue weighted by molar-refractivity contribution is 0.736. The Kier molecular flexibility index (Phi) is 5.22. The zero-order valence-corrected chi connectivity index (χ0v) is 16.9. The zero-order valence-electron chi connectivity index (χ0n) is 16.9. The highest BCUT2D eigenvalue weighted by Gasteiger charge is 2.22. The van der Waals surface area contributed by atoms with E-state index in [0.29, 0.717) is 0 Å². The van der Waals surface area contributed by atoms with E-state index in [0.717, 1.165) is 13.0 Å². The first-order valence-corrected chi connectivity index (χ1v) is 9.93. The Morgan fingerprint density at radius 2 is 1.73 bits per heavy atom. The van der Waals surface area contributed by atoms with E-state index in [2.05, 4.69) is 66.0 Å². The van der Waals surface area contributed by atoms with E-state index in [-0.39, 0.29) is 0 Å². The summed E-state index contributed by atoms with van der Waals surface area (Å²) in [7, 11) is 0. The standard InChI is InChI=1S/C20H18N2.2C2H6/c1-12-6-7-15-13(2)20-16-4-3-5-17-19(16)14(11-21-17)8-9-22(20)18(15)10-12;2*1-2/h3-7,10-11,21H,8-9H2,1-2H3;2*1-2H3. The van der Waals surface area contributed by atoms with E-state index in [4.69, 9.17) is 0 Å². The van der Waals surface area contributed by atoms with Gasteiger partial charge in [0.2, 0.25) is 0 Å². The summed E-state index contributed by atoms with van der Waals surface area (Å²) in [5.41, 5.74) is 9.56. The monoisotopic (exact) mass is 346 g/mol. The molecular formula is C24H30N2. The van der Waals surface area contributed by atoms with E-state index in [1.165, 1.54) is 49.8 Å². The Morgan fingerprint density at radius 1 is 0.962 bits per heavy atom. The maximum Gasteiger partial charge on any atom is 0.0528 e. The number of nitrogens with zero attached hydrogens (tertiary/aromatic N) is 1. The minimum Gasteiger partial charge on any atom is -0.361 e. The van der Waals surface area contributed by atoms with Gasteiger partial charge in [-0.3, -0.25) is 0 Å². The molecule has 1 aliphatic heterocycles. The van der Waals surface area contributed by atoms with Gasteiger partial charge in [-0.1, -0.05) is 52.0 Å². The van der Waals surface area contributed by atoms with Gasteiger partial charge in [0.05, 0.1) is 5.69 Å². The van der Waals surface area contributed by atoms with Crippen LogP contribution in [0.1, 0.15) is 44.4 Å². The van der Waals surface area contributed by atoms with Gasteiger partial charge < -0.3 is 9.55 Å². The molecule has 26 heavy (non-hydrogen) atoms. The third-order valence-electron chi connectivity index (χ3n) is 5.12. The van der Waals surface area contributed by atoms with Crippen LogP contribution in [0.5, 0.6) is 0 Å². The van der Waals surface area contributed by atoms with Crippen molar-refractivity contribution in [1.29, 1.82) is 0 Å². The third kappa shape index (κ3) is 2.65. The fourth-order valence-corrected chi connectivity index (χ4v) is 4.09. The van der Waals surface area contributed by atoms with E-state index in [9.17, 15) is 0 Å². The molecule has 3 heterocycles. The molecule has 2 aromatic heterocycles. The average Bonchev–Trinajstić information content (AvgIpc) is 3.16. The number of aromatic nitrogens is 2. The fraction of sp³-hybridized carbons (Fsp3) is 0.333. The van der Waals surface area contributed by atoms with Crippen LogP contribution in [0.4, 0.5) is 0 Å². The number of nitrogens with one attached hydrogen (secondary N) is 1. The van der Waals surface area contributed by atoms with Crippen LogP contribution in [0.15, 0.2) is 42.6 Å². The topological polar surface area (TPSA) is 20.7 Å². The predicted octanol–water partition coefficient (Wildman–Crippen LogP) is 7.01. The van der Waals surface area contributed by atoms with Gasteiger partial charge >= 0.3 is 0 Å². The highest BCUT2D eigenvalue weighted by atomic mass is 15.0. The maximum absolute atomic E-state index is 3.43. The molecule has 0 spiro atoms. The first-order chi connectivity index (χ1) is 12.7. The molecule has 0 saturated carbocycles. The molecule has 4 aromatic rings. The molecule has 0 aliphatic carbocycles. The SMILES string of the molecule is CC.CC.Cc1ccc2c(C)c3n(c2c1)CCc1c[nH]c2cccc-3c12. The Balaban J connectivity index is 0.000000461. The van der Waals surface area contributed by atoms with Crippen LogP contribution in [0.3, 0.4) is 0 Å². The molecule has 2 nitrogen and oxygen atoms in total. The quantitative estimate of drug-likeness (QED) is 0.353. The summed E-state index contributed by atoms with van der Waals surface area (Å²) < 4.78 is 2.52. The molecule has 5 rings (SSSR count). The largest absolute Gasteiger partial charge is 0.361 e. The molecule has 1 N–H and O–H groups in total. The highest BCUT2D eigenvalue weighted by molar-refractivity contribution is 6.02. The van der Waals surface area contributed by atoms with Crippen molar-refractivity contribution in [2.75, 3.05) is 0 Å². The summed E-state index contributed by atoms with van der Waals surface area (Å²) >= 11 is 0. The van der Waals surface area contributed by atoms with Crippen LogP contribution in [-0.4, -0.2) is 9.55 Å². The minimum atomic E-state index is 1.05. The van der Waals surface area contributed by atoms with Gasteiger partial charge in [-0.05, 0) is 49.1 Å². The number of aromatic amines is 1. The van der Waals surface area contributed by atoms with Gasteiger partial charge in [0, 0.05) is 40.1 Å². The molecule has 2 aromatic carbocycles. The van der Waals surface area contributed by atoms with E-state index in [1.807, 2.05) is 27.7 Å². The Hall–Kier alpha value is -2.48. The van der Waals surface area contributed by atoms with Gasteiger partial charge in [-0.25, -0.2) is 0 Å². The number of aryl methyl sites for hydroxylation is 4. The summed E-state index contributed by atoms with van der Waals surface area (Å²) in [6, 6.07) is 13.4. The maximum atomic E-state index is 3.43. The Labute approximate surface area is 156 Å². The van der Waals surface area contributed by atoms with Gasteiger partial charge in [0.25, 0.3) is 0 Å². The lowest BCUT2D eigenvalue weighted by atomic mass is 10.0. The van der Waals surface area contributed by atoms with Crippen molar-refractivity contribution >= 4 is 21.8 Å². The van der Waals surface area contributed by atoms with Crippen molar-refractivity contribution < 1.29 is 0 Å². The predicted molar refractivity (Wildman–Crippen MR) is 115 cm³/mol. The van der Waals surface area contributed by atoms with E-state index in [1.54, 1.807) is 0 Å². The van der Waals surface area contributed by atoms with E-state index >= 15 is 0 Å². The lowest BCUT2D eigenvalue weighted by Crippen LogP contribution is -2.00. The molecule has 0 atom stereocenters. The second-order valence-electron chi connectivity index (χ2n) is 6.44. The summed E-state index contributed by atoms with van der Waals surface area (Å²) in [5.74, 6) is 0. The van der Waals surface area contributed by atoms with Gasteiger partial charge in [0.1, 0.15) is 0 Å². The van der Waals surface area contributed by atoms with Crippen LogP contribution in [0.2, 0.25) is 0 Å². The minimum absolute atomic E-state index is 1.05. The van der Waals surface area contributed by atoms with Crippen LogP contribution in [0.25, 0.3) is 33.1 Å². The first-order valence-electron chi connectivity index (χ1n) is 9.93. The number of fused-ring (bicyclic) bond motifs is 4. The molecule has 0 bridgehead atoms. The number of rotatable bonds is 0. The van der Waals surface area contributed by atoms with Gasteiger partial charge in [-0.2, -0.15) is 0 Å². The van der Waals surface area contributed by atoms with Crippen LogP contribution in [0, 0.1) is 13.8 Å². The van der Waals surface area contributed by atoms with Crippen LogP contribution >= 0.6 is 0 Å². The molecule has 136 valence electrons. The number of benzene rings is 2. The second-order valence-corrected chi connectivity index (χ2v) is 6.44. The molecular weight excluding hydrogens is 316 g/mol. The van der Waals surface area contributed by atoms with Crippen molar-refractivity contribution in [1.82, 2.24) is 9.55 Å². The fourth-order valence-electron chi connectivity index (χ4n) is 4.09. The molecule has 0 amide bonds. The summed E-state index contributed by atoms with van der Waals surface area (Å²) in [5, 5.41) is 2.79. The van der Waals surface area contributed by atoms with Gasteiger partial charge in [-0.15, -0.1) is 0 Å². The average molecular weight is 347 g/mol. The van der Waals surface area contributed by atoms with E-state index < -0.39 is 0 Å². The molecule has 0 fully saturated rings. The molecule has 0 unspecified atom stereocenters. The van der Waals surface area contributed by atoms with Crippen molar-refractivity contribution in [3.05, 3.63) is 59.3 Å². The highest BCUT2D eigenvalue weighted by Crippen LogP contribution is 2.40.